The molecule has 0 radical (unpaired) electrons. The van der Waals surface area contributed by atoms with E-state index in [4.69, 9.17) is 0 Å². The molecule has 0 aliphatic heterocycles. The van der Waals surface area contributed by atoms with Crippen molar-refractivity contribution in [3.05, 3.63) is 77.9 Å². The first-order chi connectivity index (χ1) is 18.3. The van der Waals surface area contributed by atoms with Crippen LogP contribution in [0.5, 0.6) is 0 Å². The topological polar surface area (TPSA) is 81.7 Å². The summed E-state index contributed by atoms with van der Waals surface area (Å²) in [6.45, 7) is 7.61. The quantitative estimate of drug-likeness (QED) is 0.243. The summed E-state index contributed by atoms with van der Waals surface area (Å²) >= 11 is 0. The molecule has 0 bridgehead atoms. The molecule has 0 aliphatic carbocycles. The highest BCUT2D eigenvalue weighted by Gasteiger charge is 2.35. The van der Waals surface area contributed by atoms with Crippen LogP contribution < -0.4 is 15.5 Å². The van der Waals surface area contributed by atoms with Crippen molar-refractivity contribution < 1.29 is 27.9 Å². The van der Waals surface area contributed by atoms with E-state index >= 15 is 0 Å². The molecule has 6 nitrogen and oxygen atoms in total. The van der Waals surface area contributed by atoms with Gasteiger partial charge in [0.2, 0.25) is 0 Å². The average Bonchev–Trinajstić information content (AvgIpc) is 2.87. The van der Waals surface area contributed by atoms with Gasteiger partial charge in [-0.15, -0.1) is 0 Å². The SMILES string of the molecule is Cc1ccc(NC(=O)Nc2cc(-c3ccccc3C(=O)O)ccc2N(CCC(C)C(F)(F)F)CC(C)C)cc1. The van der Waals surface area contributed by atoms with Gasteiger partial charge in [-0.1, -0.05) is 62.7 Å². The zero-order chi connectivity index (χ0) is 28.7. The van der Waals surface area contributed by atoms with Crippen molar-refractivity contribution in [2.75, 3.05) is 28.6 Å². The fourth-order valence-corrected chi connectivity index (χ4v) is 4.19. The molecule has 1 unspecified atom stereocenters. The number of carboxylic acid groups (broad SMARTS) is 1. The number of anilines is 3. The van der Waals surface area contributed by atoms with E-state index in [9.17, 15) is 27.9 Å². The molecular formula is C30H34F3N3O3. The van der Waals surface area contributed by atoms with Gasteiger partial charge in [-0.05, 0) is 60.7 Å². The van der Waals surface area contributed by atoms with Crippen LogP contribution in [-0.4, -0.2) is 36.4 Å². The number of hydrogen-bond acceptors (Lipinski definition) is 3. The van der Waals surface area contributed by atoms with Crippen molar-refractivity contribution in [2.45, 2.75) is 40.3 Å². The Morgan fingerprint density at radius 3 is 2.23 bits per heavy atom. The van der Waals surface area contributed by atoms with E-state index in [-0.39, 0.29) is 24.4 Å². The van der Waals surface area contributed by atoms with Crippen LogP contribution >= 0.6 is 0 Å². The van der Waals surface area contributed by atoms with Crippen LogP contribution in [0.1, 0.15) is 43.1 Å². The minimum atomic E-state index is -4.30. The Morgan fingerprint density at radius 1 is 0.949 bits per heavy atom. The number of halogens is 3. The van der Waals surface area contributed by atoms with Crippen LogP contribution in [0.4, 0.5) is 35.0 Å². The number of rotatable bonds is 10. The molecule has 9 heteroatoms. The molecule has 0 saturated carbocycles. The maximum absolute atomic E-state index is 13.3. The van der Waals surface area contributed by atoms with Gasteiger partial charge in [0, 0.05) is 18.8 Å². The zero-order valence-corrected chi connectivity index (χ0v) is 22.5. The van der Waals surface area contributed by atoms with Crippen LogP contribution in [0, 0.1) is 18.8 Å². The number of carbonyl (C=O) groups excluding carboxylic acids is 1. The van der Waals surface area contributed by atoms with E-state index < -0.39 is 24.1 Å². The Kier molecular flexibility index (Phi) is 9.61. The third-order valence-corrected chi connectivity index (χ3v) is 6.34. The summed E-state index contributed by atoms with van der Waals surface area (Å²) in [6, 6.07) is 18.3. The smallest absolute Gasteiger partial charge is 0.391 e. The largest absolute Gasteiger partial charge is 0.478 e. The Labute approximate surface area is 226 Å². The molecule has 3 aromatic carbocycles. The molecular weight excluding hydrogens is 507 g/mol. The number of carboxylic acids is 1. The second kappa shape index (κ2) is 12.7. The van der Waals surface area contributed by atoms with Crippen molar-refractivity contribution >= 4 is 29.1 Å². The van der Waals surface area contributed by atoms with Crippen LogP contribution in [0.15, 0.2) is 66.7 Å². The highest BCUT2D eigenvalue weighted by atomic mass is 19.4. The number of aryl methyl sites for hydroxylation is 1. The van der Waals surface area contributed by atoms with E-state index in [1.807, 2.05) is 37.8 Å². The first-order valence-electron chi connectivity index (χ1n) is 12.8. The van der Waals surface area contributed by atoms with Gasteiger partial charge in [0.1, 0.15) is 0 Å². The molecule has 208 valence electrons. The number of nitrogens with zero attached hydrogens (tertiary/aromatic N) is 1. The van der Waals surface area contributed by atoms with Gasteiger partial charge in [0.05, 0.1) is 22.9 Å². The third-order valence-electron chi connectivity index (χ3n) is 6.34. The number of carbonyl (C=O) groups is 2. The summed E-state index contributed by atoms with van der Waals surface area (Å²) in [7, 11) is 0. The monoisotopic (exact) mass is 541 g/mol. The summed E-state index contributed by atoms with van der Waals surface area (Å²) in [5.41, 5.74) is 3.62. The lowest BCUT2D eigenvalue weighted by atomic mass is 9.98. The third kappa shape index (κ3) is 8.24. The predicted octanol–water partition coefficient (Wildman–Crippen LogP) is 8.06. The molecule has 39 heavy (non-hydrogen) atoms. The zero-order valence-electron chi connectivity index (χ0n) is 22.5. The number of benzene rings is 3. The van der Waals surface area contributed by atoms with E-state index in [0.717, 1.165) is 12.5 Å². The number of hydrogen-bond donors (Lipinski definition) is 3. The lowest BCUT2D eigenvalue weighted by Crippen LogP contribution is -2.33. The summed E-state index contributed by atoms with van der Waals surface area (Å²) in [5.74, 6) is -2.45. The van der Waals surface area contributed by atoms with Crippen LogP contribution in [0.3, 0.4) is 0 Å². The van der Waals surface area contributed by atoms with E-state index in [1.165, 1.54) is 6.07 Å². The molecule has 1 atom stereocenters. The first kappa shape index (κ1) is 29.5. The van der Waals surface area contributed by atoms with E-state index in [2.05, 4.69) is 10.6 Å². The predicted molar refractivity (Wildman–Crippen MR) is 150 cm³/mol. The highest BCUT2D eigenvalue weighted by molar-refractivity contribution is 6.03. The standard InChI is InChI=1S/C30H34F3N3O3/c1-19(2)18-36(16-15-21(4)30(31,32)33)27-14-11-22(24-7-5-6-8-25(24)28(37)38)17-26(27)35-29(39)34-23-12-9-20(3)10-13-23/h5-14,17,19,21H,15-16,18H2,1-4H3,(H,37,38)(H2,34,35,39). The number of nitrogens with one attached hydrogen (secondary N) is 2. The van der Waals surface area contributed by atoms with Gasteiger partial charge in [-0.2, -0.15) is 13.2 Å². The van der Waals surface area contributed by atoms with Crippen LogP contribution in [0.2, 0.25) is 0 Å². The van der Waals surface area contributed by atoms with E-state index in [1.54, 1.807) is 48.5 Å². The maximum Gasteiger partial charge on any atom is 0.391 e. The molecule has 0 heterocycles. The summed E-state index contributed by atoms with van der Waals surface area (Å²) in [5, 5.41) is 15.3. The molecule has 3 N–H and O–H groups in total. The van der Waals surface area contributed by atoms with E-state index in [0.29, 0.717) is 34.7 Å². The minimum Gasteiger partial charge on any atom is -0.478 e. The summed E-state index contributed by atoms with van der Waals surface area (Å²) in [6.07, 6.45) is -4.42. The number of alkyl halides is 3. The van der Waals surface area contributed by atoms with Gasteiger partial charge >= 0.3 is 18.2 Å². The number of urea groups is 1. The summed E-state index contributed by atoms with van der Waals surface area (Å²) < 4.78 is 39.8. The minimum absolute atomic E-state index is 0.0957. The summed E-state index contributed by atoms with van der Waals surface area (Å²) in [4.78, 5) is 26.7. The van der Waals surface area contributed by atoms with Crippen molar-refractivity contribution in [1.82, 2.24) is 0 Å². The molecule has 3 aromatic rings. The maximum atomic E-state index is 13.3. The van der Waals surface area contributed by atoms with Gasteiger partial charge in [-0.25, -0.2) is 9.59 Å². The fourth-order valence-electron chi connectivity index (χ4n) is 4.19. The Bertz CT molecular complexity index is 1290. The first-order valence-corrected chi connectivity index (χ1v) is 12.8. The molecule has 0 aromatic heterocycles. The van der Waals surface area contributed by atoms with Crippen LogP contribution in [0.25, 0.3) is 11.1 Å². The second-order valence-corrected chi connectivity index (χ2v) is 10.1. The number of amides is 2. The van der Waals surface area contributed by atoms with Gasteiger partial charge in [-0.3, -0.25) is 0 Å². The molecule has 3 rings (SSSR count). The average molecular weight is 542 g/mol. The molecule has 0 fully saturated rings. The lowest BCUT2D eigenvalue weighted by Gasteiger charge is -2.30. The normalized spacial score (nSPS) is 12.2. The Balaban J connectivity index is 2.02. The fraction of sp³-hybridized carbons (Fsp3) is 0.333. The molecule has 0 spiro atoms. The Hall–Kier alpha value is -4.01. The number of aromatic carboxylic acids is 1. The lowest BCUT2D eigenvalue weighted by molar-refractivity contribution is -0.170. The Morgan fingerprint density at radius 2 is 1.62 bits per heavy atom. The van der Waals surface area contributed by atoms with Crippen molar-refractivity contribution in [1.29, 1.82) is 0 Å². The van der Waals surface area contributed by atoms with Crippen molar-refractivity contribution in [3.8, 4) is 11.1 Å². The highest BCUT2D eigenvalue weighted by Crippen LogP contribution is 2.35. The van der Waals surface area contributed by atoms with Gasteiger partial charge in [0.15, 0.2) is 0 Å². The second-order valence-electron chi connectivity index (χ2n) is 10.1. The van der Waals surface area contributed by atoms with Crippen molar-refractivity contribution in [2.24, 2.45) is 11.8 Å². The van der Waals surface area contributed by atoms with Crippen molar-refractivity contribution in [3.63, 3.8) is 0 Å². The molecule has 2 amide bonds. The molecule has 0 saturated heterocycles. The van der Waals surface area contributed by atoms with Gasteiger partial charge < -0.3 is 20.6 Å². The molecule has 0 aliphatic rings. The van der Waals surface area contributed by atoms with Crippen LogP contribution in [-0.2, 0) is 0 Å². The van der Waals surface area contributed by atoms with Gasteiger partial charge in [0.25, 0.3) is 0 Å².